The molecule has 0 aromatic rings. The highest BCUT2D eigenvalue weighted by Gasteiger charge is 2.19. The van der Waals surface area contributed by atoms with E-state index in [0.717, 1.165) is 25.8 Å². The van der Waals surface area contributed by atoms with Crippen molar-refractivity contribution in [2.45, 2.75) is 71.1 Å². The molecule has 106 valence electrons. The van der Waals surface area contributed by atoms with Crippen molar-refractivity contribution in [3.8, 4) is 0 Å². The normalized spacial score (nSPS) is 21.9. The van der Waals surface area contributed by atoms with Crippen LogP contribution in [0.3, 0.4) is 0 Å². The van der Waals surface area contributed by atoms with Gasteiger partial charge in [0.1, 0.15) is 6.10 Å². The fourth-order valence-corrected chi connectivity index (χ4v) is 2.21. The molecule has 1 aliphatic heterocycles. The molecule has 0 aliphatic carbocycles. The lowest BCUT2D eigenvalue weighted by molar-refractivity contribution is -0.133. The number of hydrogen-bond acceptors (Lipinski definition) is 3. The minimum absolute atomic E-state index is 0.0134. The van der Waals surface area contributed by atoms with E-state index in [1.165, 1.54) is 12.8 Å². The number of rotatable bonds is 7. The van der Waals surface area contributed by atoms with Crippen LogP contribution in [0.25, 0.3) is 0 Å². The second-order valence-electron chi connectivity index (χ2n) is 5.14. The first-order valence-electron chi connectivity index (χ1n) is 7.32. The number of amides is 1. The Morgan fingerprint density at radius 3 is 2.67 bits per heavy atom. The van der Waals surface area contributed by atoms with E-state index in [-0.39, 0.29) is 18.1 Å². The third kappa shape index (κ3) is 5.36. The van der Waals surface area contributed by atoms with E-state index in [0.29, 0.717) is 12.6 Å². The van der Waals surface area contributed by atoms with Crippen molar-refractivity contribution < 1.29 is 9.53 Å². The molecule has 1 heterocycles. The highest BCUT2D eigenvalue weighted by molar-refractivity contribution is 5.80. The van der Waals surface area contributed by atoms with Gasteiger partial charge in [0.2, 0.25) is 5.91 Å². The quantitative estimate of drug-likeness (QED) is 0.731. The second kappa shape index (κ2) is 8.48. The highest BCUT2D eigenvalue weighted by Crippen LogP contribution is 2.08. The molecular weight excluding hydrogens is 228 g/mol. The van der Waals surface area contributed by atoms with E-state index in [2.05, 4.69) is 24.5 Å². The Bertz CT molecular complexity index is 236. The number of carbonyl (C=O) groups is 1. The Morgan fingerprint density at radius 1 is 1.39 bits per heavy atom. The molecule has 1 amide bonds. The SMILES string of the molecule is CCC(CC)NC(=O)C(C)OCC1CCCCN1. The maximum absolute atomic E-state index is 11.9. The average molecular weight is 256 g/mol. The summed E-state index contributed by atoms with van der Waals surface area (Å²) in [6.07, 6.45) is 5.25. The van der Waals surface area contributed by atoms with E-state index in [1.807, 2.05) is 6.92 Å². The van der Waals surface area contributed by atoms with Crippen molar-refractivity contribution in [3.63, 3.8) is 0 Å². The monoisotopic (exact) mass is 256 g/mol. The van der Waals surface area contributed by atoms with Gasteiger partial charge in [0.15, 0.2) is 0 Å². The molecule has 0 aromatic carbocycles. The maximum Gasteiger partial charge on any atom is 0.249 e. The molecule has 18 heavy (non-hydrogen) atoms. The van der Waals surface area contributed by atoms with Crippen molar-refractivity contribution in [1.82, 2.24) is 10.6 Å². The number of piperidine rings is 1. The van der Waals surface area contributed by atoms with Gasteiger partial charge in [0.05, 0.1) is 6.61 Å². The van der Waals surface area contributed by atoms with E-state index in [1.54, 1.807) is 0 Å². The molecule has 0 radical (unpaired) electrons. The van der Waals surface area contributed by atoms with Gasteiger partial charge in [-0.15, -0.1) is 0 Å². The summed E-state index contributed by atoms with van der Waals surface area (Å²) in [5.41, 5.74) is 0. The summed E-state index contributed by atoms with van der Waals surface area (Å²) < 4.78 is 5.66. The Morgan fingerprint density at radius 2 is 2.11 bits per heavy atom. The zero-order chi connectivity index (χ0) is 13.4. The maximum atomic E-state index is 11.9. The third-order valence-electron chi connectivity index (χ3n) is 3.66. The van der Waals surface area contributed by atoms with Gasteiger partial charge in [-0.05, 0) is 39.2 Å². The Labute approximate surface area is 111 Å². The summed E-state index contributed by atoms with van der Waals surface area (Å²) in [7, 11) is 0. The molecule has 1 aliphatic rings. The zero-order valence-electron chi connectivity index (χ0n) is 12.0. The highest BCUT2D eigenvalue weighted by atomic mass is 16.5. The number of carbonyl (C=O) groups excluding carboxylic acids is 1. The molecule has 0 saturated carbocycles. The van der Waals surface area contributed by atoms with E-state index >= 15 is 0 Å². The van der Waals surface area contributed by atoms with Crippen molar-refractivity contribution in [2.24, 2.45) is 0 Å². The van der Waals surface area contributed by atoms with Gasteiger partial charge < -0.3 is 15.4 Å². The van der Waals surface area contributed by atoms with Crippen molar-refractivity contribution in [3.05, 3.63) is 0 Å². The fraction of sp³-hybridized carbons (Fsp3) is 0.929. The topological polar surface area (TPSA) is 50.4 Å². The predicted molar refractivity (Wildman–Crippen MR) is 73.6 cm³/mol. The molecule has 1 fully saturated rings. The van der Waals surface area contributed by atoms with Crippen LogP contribution in [0, 0.1) is 0 Å². The lowest BCUT2D eigenvalue weighted by Gasteiger charge is -2.25. The smallest absolute Gasteiger partial charge is 0.249 e. The van der Waals surface area contributed by atoms with Gasteiger partial charge in [-0.3, -0.25) is 4.79 Å². The van der Waals surface area contributed by atoms with E-state index in [4.69, 9.17) is 4.74 Å². The molecule has 4 heteroatoms. The Balaban J connectivity index is 2.22. The predicted octanol–water partition coefficient (Wildman–Crippen LogP) is 1.84. The largest absolute Gasteiger partial charge is 0.367 e. The van der Waals surface area contributed by atoms with Crippen molar-refractivity contribution in [2.75, 3.05) is 13.2 Å². The summed E-state index contributed by atoms with van der Waals surface area (Å²) in [6, 6.07) is 0.693. The minimum Gasteiger partial charge on any atom is -0.367 e. The average Bonchev–Trinajstić information content (AvgIpc) is 2.42. The van der Waals surface area contributed by atoms with Gasteiger partial charge in [0.25, 0.3) is 0 Å². The molecule has 1 rings (SSSR count). The molecule has 4 nitrogen and oxygen atoms in total. The number of hydrogen-bond donors (Lipinski definition) is 2. The molecule has 2 unspecified atom stereocenters. The van der Waals surface area contributed by atoms with Crippen LogP contribution >= 0.6 is 0 Å². The van der Waals surface area contributed by atoms with Crippen LogP contribution in [-0.4, -0.2) is 37.2 Å². The minimum atomic E-state index is -0.352. The van der Waals surface area contributed by atoms with E-state index < -0.39 is 0 Å². The second-order valence-corrected chi connectivity index (χ2v) is 5.14. The van der Waals surface area contributed by atoms with Crippen LogP contribution in [0.15, 0.2) is 0 Å². The van der Waals surface area contributed by atoms with Crippen LogP contribution in [0.5, 0.6) is 0 Å². The molecule has 1 saturated heterocycles. The first-order chi connectivity index (χ1) is 8.67. The summed E-state index contributed by atoms with van der Waals surface area (Å²) in [5.74, 6) is 0.0134. The van der Waals surface area contributed by atoms with E-state index in [9.17, 15) is 4.79 Å². The first-order valence-corrected chi connectivity index (χ1v) is 7.32. The van der Waals surface area contributed by atoms with Gasteiger partial charge in [-0.1, -0.05) is 20.3 Å². The molecule has 0 bridgehead atoms. The van der Waals surface area contributed by atoms with Gasteiger partial charge >= 0.3 is 0 Å². The summed E-state index contributed by atoms with van der Waals surface area (Å²) in [5, 5.41) is 6.44. The van der Waals surface area contributed by atoms with Crippen molar-refractivity contribution in [1.29, 1.82) is 0 Å². The molecule has 2 atom stereocenters. The van der Waals surface area contributed by atoms with Gasteiger partial charge in [-0.2, -0.15) is 0 Å². The van der Waals surface area contributed by atoms with Crippen molar-refractivity contribution >= 4 is 5.91 Å². The fourth-order valence-electron chi connectivity index (χ4n) is 2.21. The first kappa shape index (κ1) is 15.4. The van der Waals surface area contributed by atoms with Crippen LogP contribution in [0.4, 0.5) is 0 Å². The summed E-state index contributed by atoms with van der Waals surface area (Å²) in [4.78, 5) is 11.9. The number of ether oxygens (including phenoxy) is 1. The Hall–Kier alpha value is -0.610. The molecular formula is C14H28N2O2. The van der Waals surface area contributed by atoms with Gasteiger partial charge in [-0.25, -0.2) is 0 Å². The molecule has 2 N–H and O–H groups in total. The van der Waals surface area contributed by atoms with Crippen LogP contribution in [0.1, 0.15) is 52.9 Å². The van der Waals surface area contributed by atoms with Crippen LogP contribution in [0.2, 0.25) is 0 Å². The Kier molecular flexibility index (Phi) is 7.28. The molecule has 0 aromatic heterocycles. The lowest BCUT2D eigenvalue weighted by Crippen LogP contribution is -2.43. The van der Waals surface area contributed by atoms with Crippen LogP contribution < -0.4 is 10.6 Å². The number of nitrogens with one attached hydrogen (secondary N) is 2. The standard InChI is InChI=1S/C14H28N2O2/c1-4-12(5-2)16-14(17)11(3)18-10-13-8-6-7-9-15-13/h11-13,15H,4-10H2,1-3H3,(H,16,17). The van der Waals surface area contributed by atoms with Crippen LogP contribution in [-0.2, 0) is 9.53 Å². The molecule has 0 spiro atoms. The third-order valence-corrected chi connectivity index (χ3v) is 3.66. The zero-order valence-corrected chi connectivity index (χ0v) is 12.0. The summed E-state index contributed by atoms with van der Waals surface area (Å²) >= 11 is 0. The lowest BCUT2D eigenvalue weighted by atomic mass is 10.1. The van der Waals surface area contributed by atoms with Gasteiger partial charge in [0, 0.05) is 12.1 Å². The summed E-state index contributed by atoms with van der Waals surface area (Å²) in [6.45, 7) is 7.72.